The Labute approximate surface area is 211 Å². The second-order valence-electron chi connectivity index (χ2n) is 9.74. The Morgan fingerprint density at radius 3 is 2.33 bits per heavy atom. The predicted octanol–water partition coefficient (Wildman–Crippen LogP) is 3.94. The molecule has 0 saturated carbocycles. The molecule has 1 saturated heterocycles. The van der Waals surface area contributed by atoms with Crippen LogP contribution < -0.4 is 5.32 Å². The van der Waals surface area contributed by atoms with Crippen molar-refractivity contribution in [3.63, 3.8) is 0 Å². The number of allylic oxidation sites excluding steroid dienone is 6. The van der Waals surface area contributed by atoms with Gasteiger partial charge in [-0.1, -0.05) is 42.0 Å². The van der Waals surface area contributed by atoms with Gasteiger partial charge in [0.15, 0.2) is 0 Å². The molecule has 2 aromatic rings. The van der Waals surface area contributed by atoms with Crippen LogP contribution in [0.5, 0.6) is 0 Å². The molecule has 1 atom stereocenters. The second kappa shape index (κ2) is 10.4. The molecule has 8 nitrogen and oxygen atoms in total. The van der Waals surface area contributed by atoms with Gasteiger partial charge in [-0.15, -0.1) is 5.10 Å². The molecule has 2 amide bonds. The van der Waals surface area contributed by atoms with Gasteiger partial charge in [0.05, 0.1) is 11.1 Å². The zero-order valence-corrected chi connectivity index (χ0v) is 20.6. The normalized spacial score (nSPS) is 19.9. The van der Waals surface area contributed by atoms with Gasteiger partial charge in [-0.05, 0) is 85.7 Å². The van der Waals surface area contributed by atoms with Crippen LogP contribution in [0.25, 0.3) is 5.69 Å². The van der Waals surface area contributed by atoms with Gasteiger partial charge in [-0.25, -0.2) is 4.68 Å². The number of nitrogens with one attached hydrogen (secondary N) is 1. The predicted molar refractivity (Wildman–Crippen MR) is 137 cm³/mol. The maximum absolute atomic E-state index is 13.8. The molecule has 0 unspecified atom stereocenters. The fraction of sp³-hybridized carbons (Fsp3) is 0.393. The summed E-state index contributed by atoms with van der Waals surface area (Å²) in [6, 6.07) is 7.27. The molecule has 0 radical (unpaired) electrons. The van der Waals surface area contributed by atoms with Crippen molar-refractivity contribution >= 4 is 11.8 Å². The van der Waals surface area contributed by atoms with E-state index >= 15 is 0 Å². The smallest absolute Gasteiger partial charge is 0.253 e. The number of tetrazole rings is 1. The molecule has 3 aliphatic rings. The molecule has 1 aromatic carbocycles. The highest BCUT2D eigenvalue weighted by atomic mass is 16.2. The molecular formula is C28H32N6O2. The first-order valence-corrected chi connectivity index (χ1v) is 12.7. The van der Waals surface area contributed by atoms with Gasteiger partial charge >= 0.3 is 0 Å². The van der Waals surface area contributed by atoms with Gasteiger partial charge in [0.1, 0.15) is 6.33 Å². The Morgan fingerprint density at radius 2 is 1.72 bits per heavy atom. The van der Waals surface area contributed by atoms with Crippen molar-refractivity contribution in [1.82, 2.24) is 30.4 Å². The first-order chi connectivity index (χ1) is 17.6. The van der Waals surface area contributed by atoms with E-state index in [9.17, 15) is 9.59 Å². The summed E-state index contributed by atoms with van der Waals surface area (Å²) in [5.41, 5.74) is 3.28. The van der Waals surface area contributed by atoms with E-state index in [2.05, 4.69) is 64.2 Å². The third kappa shape index (κ3) is 4.80. The molecule has 1 aliphatic heterocycles. The number of nitrogens with zero attached hydrogens (tertiary/aromatic N) is 5. The average molecular weight is 485 g/mol. The van der Waals surface area contributed by atoms with Crippen LogP contribution >= 0.6 is 0 Å². The SMILES string of the molecule is C[C@H](NC(=O)C1(C2=CC=CCC2)CCN(C(=O)c2ccc(-n3cnnn3)cc2)CC1)C1=CC=CCC1. The van der Waals surface area contributed by atoms with Crippen LogP contribution in [0.3, 0.4) is 0 Å². The van der Waals surface area contributed by atoms with Gasteiger partial charge in [0.2, 0.25) is 5.91 Å². The molecule has 2 heterocycles. The number of rotatable bonds is 6. The summed E-state index contributed by atoms with van der Waals surface area (Å²) in [5, 5.41) is 14.5. The van der Waals surface area contributed by atoms with E-state index in [0.29, 0.717) is 31.5 Å². The molecule has 1 N–H and O–H groups in total. The van der Waals surface area contributed by atoms with E-state index < -0.39 is 5.41 Å². The lowest BCUT2D eigenvalue weighted by atomic mass is 9.69. The number of aromatic nitrogens is 4. The summed E-state index contributed by atoms with van der Waals surface area (Å²) in [6.07, 6.45) is 19.3. The third-order valence-electron chi connectivity index (χ3n) is 7.65. The first-order valence-electron chi connectivity index (χ1n) is 12.7. The summed E-state index contributed by atoms with van der Waals surface area (Å²) in [7, 11) is 0. The van der Waals surface area contributed by atoms with Gasteiger partial charge in [0.25, 0.3) is 5.91 Å². The van der Waals surface area contributed by atoms with E-state index in [1.165, 1.54) is 17.5 Å². The first kappa shape index (κ1) is 23.9. The van der Waals surface area contributed by atoms with E-state index in [1.54, 1.807) is 16.8 Å². The third-order valence-corrected chi connectivity index (χ3v) is 7.65. The highest BCUT2D eigenvalue weighted by Gasteiger charge is 2.45. The standard InChI is InChI=1S/C28H32N6O2/c1-21(22-8-4-2-5-9-22)30-27(36)28(24-10-6-3-7-11-24)16-18-33(19-17-28)26(35)23-12-14-25(15-13-23)34-20-29-31-32-34/h2-4,6,8,10,12-15,20-21H,5,7,9,11,16-19H2,1H3,(H,30,36)/t21-/m0/s1. The summed E-state index contributed by atoms with van der Waals surface area (Å²) < 4.78 is 1.55. The number of piperidine rings is 1. The lowest BCUT2D eigenvalue weighted by Gasteiger charge is -2.43. The molecular weight excluding hydrogens is 452 g/mol. The van der Waals surface area contributed by atoms with Crippen molar-refractivity contribution in [1.29, 1.82) is 0 Å². The van der Waals surface area contributed by atoms with Crippen molar-refractivity contribution in [2.24, 2.45) is 5.41 Å². The Balaban J connectivity index is 1.30. The maximum Gasteiger partial charge on any atom is 0.253 e. The van der Waals surface area contributed by atoms with Crippen LogP contribution in [0.1, 0.15) is 55.8 Å². The quantitative estimate of drug-likeness (QED) is 0.670. The topological polar surface area (TPSA) is 93.0 Å². The number of carbonyl (C=O) groups is 2. The minimum atomic E-state index is -0.579. The Hall–Kier alpha value is -3.81. The zero-order chi connectivity index (χ0) is 25.0. The molecule has 36 heavy (non-hydrogen) atoms. The molecule has 0 bridgehead atoms. The molecule has 186 valence electrons. The Morgan fingerprint density at radius 1 is 1.00 bits per heavy atom. The number of carbonyl (C=O) groups excluding carboxylic acids is 2. The monoisotopic (exact) mass is 484 g/mol. The second-order valence-corrected chi connectivity index (χ2v) is 9.74. The Bertz CT molecular complexity index is 1220. The summed E-state index contributed by atoms with van der Waals surface area (Å²) in [5.74, 6) is 0.0715. The minimum absolute atomic E-state index is 0.00239. The van der Waals surface area contributed by atoms with E-state index in [0.717, 1.165) is 31.4 Å². The van der Waals surface area contributed by atoms with Crippen LogP contribution in [0, 0.1) is 5.41 Å². The van der Waals surface area contributed by atoms with Crippen molar-refractivity contribution in [2.45, 2.75) is 51.5 Å². The molecule has 1 fully saturated rings. The largest absolute Gasteiger partial charge is 0.349 e. The molecule has 8 heteroatoms. The van der Waals surface area contributed by atoms with Crippen LogP contribution in [0.2, 0.25) is 0 Å². The van der Waals surface area contributed by atoms with E-state index in [1.807, 2.05) is 17.0 Å². The summed E-state index contributed by atoms with van der Waals surface area (Å²) >= 11 is 0. The molecule has 5 rings (SSSR count). The Kier molecular flexibility index (Phi) is 6.93. The number of hydrogen-bond donors (Lipinski definition) is 1. The fourth-order valence-electron chi connectivity index (χ4n) is 5.42. The summed E-state index contributed by atoms with van der Waals surface area (Å²) in [4.78, 5) is 29.0. The maximum atomic E-state index is 13.8. The highest BCUT2D eigenvalue weighted by molar-refractivity contribution is 5.95. The van der Waals surface area contributed by atoms with Gasteiger partial charge < -0.3 is 10.2 Å². The van der Waals surface area contributed by atoms with Crippen LogP contribution in [-0.2, 0) is 4.79 Å². The van der Waals surface area contributed by atoms with Crippen molar-refractivity contribution in [2.75, 3.05) is 13.1 Å². The van der Waals surface area contributed by atoms with Crippen molar-refractivity contribution in [3.8, 4) is 5.69 Å². The van der Waals surface area contributed by atoms with Crippen LogP contribution in [0.15, 0.2) is 78.2 Å². The number of hydrogen-bond acceptors (Lipinski definition) is 5. The fourth-order valence-corrected chi connectivity index (χ4v) is 5.42. The number of amides is 2. The summed E-state index contributed by atoms with van der Waals surface area (Å²) in [6.45, 7) is 3.16. The lowest BCUT2D eigenvalue weighted by molar-refractivity contribution is -0.131. The zero-order valence-electron chi connectivity index (χ0n) is 20.6. The molecule has 2 aliphatic carbocycles. The van der Waals surface area contributed by atoms with Gasteiger partial charge in [-0.2, -0.15) is 0 Å². The van der Waals surface area contributed by atoms with E-state index in [-0.39, 0.29) is 17.9 Å². The van der Waals surface area contributed by atoms with Gasteiger partial charge in [-0.3, -0.25) is 9.59 Å². The molecule has 1 aromatic heterocycles. The minimum Gasteiger partial charge on any atom is -0.349 e. The van der Waals surface area contributed by atoms with Crippen LogP contribution in [0.4, 0.5) is 0 Å². The number of likely N-dealkylation sites (tertiary alicyclic amines) is 1. The highest BCUT2D eigenvalue weighted by Crippen LogP contribution is 2.43. The lowest BCUT2D eigenvalue weighted by Crippen LogP contribution is -2.53. The average Bonchev–Trinajstić information content (AvgIpc) is 3.49. The van der Waals surface area contributed by atoms with Gasteiger partial charge in [0, 0.05) is 24.7 Å². The van der Waals surface area contributed by atoms with Crippen LogP contribution in [-0.4, -0.2) is 56.1 Å². The van der Waals surface area contributed by atoms with Crippen molar-refractivity contribution in [3.05, 3.63) is 83.8 Å². The number of benzene rings is 1. The van der Waals surface area contributed by atoms with Crippen molar-refractivity contribution < 1.29 is 9.59 Å². The van der Waals surface area contributed by atoms with E-state index in [4.69, 9.17) is 0 Å². The molecule has 0 spiro atoms.